The minimum absolute atomic E-state index is 0.0114. The molecule has 10 heteroatoms. The lowest BCUT2D eigenvalue weighted by atomic mass is 9.86. The first kappa shape index (κ1) is 32.6. The molecule has 0 amide bonds. The van der Waals surface area contributed by atoms with Gasteiger partial charge in [0, 0.05) is 0 Å². The third kappa shape index (κ3) is 9.26. The zero-order valence-corrected chi connectivity index (χ0v) is 24.9. The standard InChI is InChI=1S/C15H16O3.C10H13BrO.C5H5BO4/c1-15(2,3)10-4-6-13(17)12(8-10)14-7-5-11(9-16)18-14;1-10(2,3)7-4-5-9(12)8(11)6-7;7-3-4-1-2-5(10-4)6(8)9/h4-9,17H,1-3H3;4-6,12H,1-3H3;1-3,8-9H. The summed E-state index contributed by atoms with van der Waals surface area (Å²) in [6, 6.07) is 17.0. The van der Waals surface area contributed by atoms with Crippen LogP contribution >= 0.6 is 15.9 Å². The zero-order valence-electron chi connectivity index (χ0n) is 23.3. The summed E-state index contributed by atoms with van der Waals surface area (Å²) in [5.41, 5.74) is 3.02. The number of benzene rings is 2. The normalized spacial score (nSPS) is 11.0. The van der Waals surface area contributed by atoms with Crippen LogP contribution in [0.2, 0.25) is 0 Å². The average molecular weight is 613 g/mol. The van der Waals surface area contributed by atoms with Crippen LogP contribution in [-0.2, 0) is 10.8 Å². The van der Waals surface area contributed by atoms with Crippen molar-refractivity contribution < 1.29 is 38.7 Å². The predicted octanol–water partition coefficient (Wildman–Crippen LogP) is 5.99. The first-order valence-corrected chi connectivity index (χ1v) is 13.1. The molecular weight excluding hydrogens is 579 g/mol. The smallest absolute Gasteiger partial charge is 0.507 e. The van der Waals surface area contributed by atoms with E-state index >= 15 is 0 Å². The van der Waals surface area contributed by atoms with Crippen molar-refractivity contribution in [2.45, 2.75) is 52.4 Å². The number of hydrogen-bond donors (Lipinski definition) is 4. The van der Waals surface area contributed by atoms with Crippen LogP contribution in [-0.4, -0.2) is 40.0 Å². The van der Waals surface area contributed by atoms with Crippen molar-refractivity contribution in [1.82, 2.24) is 0 Å². The van der Waals surface area contributed by atoms with Gasteiger partial charge in [-0.1, -0.05) is 53.7 Å². The monoisotopic (exact) mass is 612 g/mol. The van der Waals surface area contributed by atoms with E-state index in [-0.39, 0.29) is 33.8 Å². The fraction of sp³-hybridized carbons (Fsp3) is 0.267. The highest BCUT2D eigenvalue weighted by atomic mass is 79.9. The molecule has 8 nitrogen and oxygen atoms in total. The van der Waals surface area contributed by atoms with E-state index in [1.54, 1.807) is 24.3 Å². The quantitative estimate of drug-likeness (QED) is 0.163. The van der Waals surface area contributed by atoms with Gasteiger partial charge in [-0.3, -0.25) is 9.59 Å². The molecule has 0 bridgehead atoms. The van der Waals surface area contributed by atoms with Crippen LogP contribution in [0.1, 0.15) is 73.8 Å². The lowest BCUT2D eigenvalue weighted by molar-refractivity contribution is 0.109. The van der Waals surface area contributed by atoms with Gasteiger partial charge in [0.05, 0.1) is 10.0 Å². The highest BCUT2D eigenvalue weighted by Crippen LogP contribution is 2.35. The van der Waals surface area contributed by atoms with Crippen molar-refractivity contribution in [3.8, 4) is 22.8 Å². The maximum Gasteiger partial charge on any atom is 0.526 e. The van der Waals surface area contributed by atoms with Crippen LogP contribution in [0.15, 0.2) is 74.0 Å². The van der Waals surface area contributed by atoms with Crippen molar-refractivity contribution in [2.75, 3.05) is 0 Å². The average Bonchev–Trinajstić information content (AvgIpc) is 3.55. The maximum atomic E-state index is 10.6. The van der Waals surface area contributed by atoms with Gasteiger partial charge < -0.3 is 29.1 Å². The molecule has 2 aromatic carbocycles. The van der Waals surface area contributed by atoms with Crippen LogP contribution in [0.25, 0.3) is 11.3 Å². The van der Waals surface area contributed by atoms with Gasteiger partial charge in [-0.05, 0) is 86.4 Å². The Morgan fingerprint density at radius 3 is 1.62 bits per heavy atom. The Balaban J connectivity index is 0.000000222. The largest absolute Gasteiger partial charge is 0.526 e. The molecular formula is C30H34BBrO8. The van der Waals surface area contributed by atoms with Crippen LogP contribution in [0.3, 0.4) is 0 Å². The van der Waals surface area contributed by atoms with Crippen molar-refractivity contribution >= 4 is 41.3 Å². The summed E-state index contributed by atoms with van der Waals surface area (Å²) in [5.74, 6) is 1.28. The zero-order chi connectivity index (χ0) is 30.3. The molecule has 0 atom stereocenters. The Morgan fingerprint density at radius 2 is 1.20 bits per heavy atom. The highest BCUT2D eigenvalue weighted by molar-refractivity contribution is 9.10. The fourth-order valence-electron chi connectivity index (χ4n) is 3.30. The van der Waals surface area contributed by atoms with Crippen LogP contribution < -0.4 is 5.66 Å². The summed E-state index contributed by atoms with van der Waals surface area (Å²) in [6.07, 6.45) is 1.14. The Morgan fingerprint density at radius 1 is 0.700 bits per heavy atom. The molecule has 0 spiro atoms. The Labute approximate surface area is 242 Å². The second-order valence-corrected chi connectivity index (χ2v) is 11.8. The molecule has 0 fully saturated rings. The molecule has 0 radical (unpaired) electrons. The molecule has 0 saturated heterocycles. The van der Waals surface area contributed by atoms with Crippen molar-refractivity contribution in [1.29, 1.82) is 0 Å². The van der Waals surface area contributed by atoms with Crippen LogP contribution in [0, 0.1) is 0 Å². The van der Waals surface area contributed by atoms with Gasteiger partial charge in [-0.25, -0.2) is 0 Å². The molecule has 40 heavy (non-hydrogen) atoms. The first-order chi connectivity index (χ1) is 18.6. The maximum absolute atomic E-state index is 10.6. The summed E-state index contributed by atoms with van der Waals surface area (Å²) in [7, 11) is -1.64. The summed E-state index contributed by atoms with van der Waals surface area (Å²) < 4.78 is 10.7. The SMILES string of the molecule is CC(C)(C)c1ccc(O)c(-c2ccc(C=O)o2)c1.CC(C)(C)c1ccc(O)c(Br)c1.O=Cc1ccc(B(O)O)o1. The van der Waals surface area contributed by atoms with E-state index in [0.717, 1.165) is 10.0 Å². The molecule has 2 aromatic heterocycles. The Hall–Kier alpha value is -3.60. The van der Waals surface area contributed by atoms with Crippen LogP contribution in [0.4, 0.5) is 0 Å². The number of halogens is 1. The molecule has 2 heterocycles. The molecule has 0 aliphatic carbocycles. The van der Waals surface area contributed by atoms with Crippen molar-refractivity contribution in [2.24, 2.45) is 0 Å². The van der Waals surface area contributed by atoms with Gasteiger partial charge in [0.1, 0.15) is 22.9 Å². The van der Waals surface area contributed by atoms with Gasteiger partial charge in [-0.15, -0.1) is 0 Å². The molecule has 0 aliphatic rings. The summed E-state index contributed by atoms with van der Waals surface area (Å²) in [5, 5.41) is 36.1. The second-order valence-electron chi connectivity index (χ2n) is 10.9. The van der Waals surface area contributed by atoms with Gasteiger partial charge >= 0.3 is 7.12 Å². The summed E-state index contributed by atoms with van der Waals surface area (Å²) in [4.78, 5) is 20.6. The van der Waals surface area contributed by atoms with Crippen molar-refractivity contribution in [3.05, 3.63) is 87.8 Å². The van der Waals surface area contributed by atoms with E-state index in [4.69, 9.17) is 14.5 Å². The molecule has 0 aliphatic heterocycles. The third-order valence-corrected chi connectivity index (χ3v) is 6.34. The number of carbonyl (C=O) groups is 2. The van der Waals surface area contributed by atoms with E-state index in [1.165, 1.54) is 17.7 Å². The number of hydrogen-bond acceptors (Lipinski definition) is 8. The topological polar surface area (TPSA) is 141 Å². The Bertz CT molecular complexity index is 1420. The number of carbonyl (C=O) groups excluding carboxylic acids is 2. The van der Waals surface area contributed by atoms with E-state index in [1.807, 2.05) is 24.3 Å². The number of rotatable bonds is 4. The third-order valence-electron chi connectivity index (χ3n) is 5.70. The molecule has 0 unspecified atom stereocenters. The minimum atomic E-state index is -1.64. The van der Waals surface area contributed by atoms with Gasteiger partial charge in [0.25, 0.3) is 0 Å². The number of furan rings is 2. The fourth-order valence-corrected chi connectivity index (χ4v) is 3.68. The second kappa shape index (κ2) is 13.7. The molecule has 4 aromatic rings. The van der Waals surface area contributed by atoms with Gasteiger partial charge in [0.15, 0.2) is 24.1 Å². The summed E-state index contributed by atoms with van der Waals surface area (Å²) in [6.45, 7) is 12.7. The predicted molar refractivity (Wildman–Crippen MR) is 158 cm³/mol. The van der Waals surface area contributed by atoms with Gasteiger partial charge in [-0.2, -0.15) is 0 Å². The minimum Gasteiger partial charge on any atom is -0.507 e. The summed E-state index contributed by atoms with van der Waals surface area (Å²) >= 11 is 3.29. The highest BCUT2D eigenvalue weighted by Gasteiger charge is 2.18. The number of aldehydes is 2. The van der Waals surface area contributed by atoms with E-state index < -0.39 is 7.12 Å². The van der Waals surface area contributed by atoms with Crippen molar-refractivity contribution in [3.63, 3.8) is 0 Å². The number of aromatic hydroxyl groups is 2. The molecule has 4 rings (SSSR count). The van der Waals surface area contributed by atoms with E-state index in [2.05, 4.69) is 61.9 Å². The van der Waals surface area contributed by atoms with E-state index in [0.29, 0.717) is 29.6 Å². The lowest BCUT2D eigenvalue weighted by Crippen LogP contribution is -2.27. The molecule has 4 N–H and O–H groups in total. The Kier molecular flexibility index (Phi) is 11.1. The van der Waals surface area contributed by atoms with Crippen LogP contribution in [0.5, 0.6) is 11.5 Å². The molecule has 0 saturated carbocycles. The number of phenols is 2. The van der Waals surface area contributed by atoms with E-state index in [9.17, 15) is 19.8 Å². The lowest BCUT2D eigenvalue weighted by Gasteiger charge is -2.19. The van der Waals surface area contributed by atoms with Gasteiger partial charge in [0.2, 0.25) is 0 Å². The molecule has 212 valence electrons. The number of phenolic OH excluding ortho intramolecular Hbond substituents is 2. The first-order valence-electron chi connectivity index (χ1n) is 12.4.